The molecule has 0 amide bonds. The molecule has 0 saturated carbocycles. The summed E-state index contributed by atoms with van der Waals surface area (Å²) < 4.78 is 0. The summed E-state index contributed by atoms with van der Waals surface area (Å²) in [5.74, 6) is 1.05. The molecule has 4 N–H and O–H groups in total. The Morgan fingerprint density at radius 3 is 2.52 bits per heavy atom. The third kappa shape index (κ3) is 2.41. The number of hydrogen-bond acceptors (Lipinski definition) is 3. The minimum atomic E-state index is 0. The van der Waals surface area contributed by atoms with Crippen molar-refractivity contribution in [1.82, 2.24) is 4.98 Å². The number of nitrogens with zero attached hydrogens (tertiary/aromatic N) is 2. The van der Waals surface area contributed by atoms with Crippen molar-refractivity contribution in [3.8, 4) is 0 Å². The second-order valence-corrected chi connectivity index (χ2v) is 5.87. The Morgan fingerprint density at radius 1 is 1.04 bits per heavy atom. The predicted octanol–water partition coefficient (Wildman–Crippen LogP) is 3.12. The van der Waals surface area contributed by atoms with E-state index in [0.717, 1.165) is 35.4 Å². The van der Waals surface area contributed by atoms with Gasteiger partial charge in [-0.2, -0.15) is 0 Å². The molecular weight excluding hydrogens is 286 g/mol. The van der Waals surface area contributed by atoms with Crippen LogP contribution in [0.5, 0.6) is 0 Å². The Morgan fingerprint density at radius 2 is 1.74 bits per heavy atom. The Bertz CT molecular complexity index is 833. The Hall–Kier alpha value is -2.59. The van der Waals surface area contributed by atoms with Gasteiger partial charge in [-0.15, -0.1) is 0 Å². The first-order valence-corrected chi connectivity index (χ1v) is 7.74. The zero-order valence-electron chi connectivity index (χ0n) is 13.2. The fraction of sp³-hybridized carbons (Fsp3) is 0.211. The van der Waals surface area contributed by atoms with Gasteiger partial charge in [-0.3, -0.25) is 0 Å². The van der Waals surface area contributed by atoms with E-state index in [1.165, 1.54) is 11.1 Å². The lowest BCUT2D eigenvalue weighted by Gasteiger charge is -2.27. The average molecular weight is 307 g/mol. The molecule has 0 fully saturated rings. The minimum Gasteiger partial charge on any atom is -0.412 e. The van der Waals surface area contributed by atoms with Crippen molar-refractivity contribution in [2.75, 3.05) is 17.2 Å². The molecule has 4 heteroatoms. The molecule has 118 valence electrons. The summed E-state index contributed by atoms with van der Waals surface area (Å²) >= 11 is 0. The first kappa shape index (κ1) is 15.3. The van der Waals surface area contributed by atoms with Crippen LogP contribution in [0.2, 0.25) is 0 Å². The summed E-state index contributed by atoms with van der Waals surface area (Å²) in [6.45, 7) is 3.20. The molecule has 0 bridgehead atoms. The summed E-state index contributed by atoms with van der Waals surface area (Å²) in [6, 6.07) is 19.0. The van der Waals surface area contributed by atoms with Crippen LogP contribution >= 0.6 is 0 Å². The Balaban J connectivity index is 0.00000156. The Kier molecular flexibility index (Phi) is 3.92. The normalized spacial score (nSPS) is 14.4. The lowest BCUT2D eigenvalue weighted by Crippen LogP contribution is -2.25. The average Bonchev–Trinajstić information content (AvgIpc) is 2.99. The highest BCUT2D eigenvalue weighted by atomic mass is 16.0. The van der Waals surface area contributed by atoms with Crippen LogP contribution in [0.15, 0.2) is 54.6 Å². The first-order chi connectivity index (χ1) is 10.8. The smallest absolute Gasteiger partial charge is 0.135 e. The molecule has 4 nitrogen and oxygen atoms in total. The number of anilines is 2. The number of nitrogens with two attached hydrogens (primary N) is 1. The van der Waals surface area contributed by atoms with Crippen molar-refractivity contribution in [2.24, 2.45) is 0 Å². The number of benzene rings is 2. The van der Waals surface area contributed by atoms with Crippen LogP contribution in [0, 0.1) is 0 Å². The summed E-state index contributed by atoms with van der Waals surface area (Å²) in [5, 5.41) is 1.07. The van der Waals surface area contributed by atoms with Gasteiger partial charge in [-0.1, -0.05) is 48.5 Å². The number of aromatic nitrogens is 1. The van der Waals surface area contributed by atoms with E-state index in [0.29, 0.717) is 6.04 Å². The van der Waals surface area contributed by atoms with Gasteiger partial charge in [-0.25, -0.2) is 4.98 Å². The van der Waals surface area contributed by atoms with Crippen molar-refractivity contribution in [1.29, 1.82) is 0 Å². The zero-order chi connectivity index (χ0) is 15.1. The van der Waals surface area contributed by atoms with Crippen molar-refractivity contribution in [3.63, 3.8) is 0 Å². The third-order valence-corrected chi connectivity index (χ3v) is 4.64. The molecule has 3 aromatic rings. The largest absolute Gasteiger partial charge is 0.412 e. The zero-order valence-corrected chi connectivity index (χ0v) is 13.2. The maximum absolute atomic E-state index is 6.40. The van der Waals surface area contributed by atoms with Gasteiger partial charge in [0.25, 0.3) is 0 Å². The molecular formula is C19H21N3O. The fourth-order valence-electron chi connectivity index (χ4n) is 3.37. The molecule has 0 spiro atoms. The highest BCUT2D eigenvalue weighted by Crippen LogP contribution is 2.39. The lowest BCUT2D eigenvalue weighted by atomic mass is 10.1. The van der Waals surface area contributed by atoms with Gasteiger partial charge in [0.05, 0.1) is 11.6 Å². The molecule has 23 heavy (non-hydrogen) atoms. The lowest BCUT2D eigenvalue weighted by molar-refractivity contribution is 0.690. The summed E-state index contributed by atoms with van der Waals surface area (Å²) in [5.41, 5.74) is 10.8. The van der Waals surface area contributed by atoms with Crippen molar-refractivity contribution in [2.45, 2.75) is 19.4 Å². The van der Waals surface area contributed by atoms with Crippen LogP contribution in [0.3, 0.4) is 0 Å². The number of fused-ring (bicyclic) bond motifs is 2. The number of rotatable bonds is 2. The molecule has 2 heterocycles. The van der Waals surface area contributed by atoms with Crippen LogP contribution in [-0.4, -0.2) is 17.0 Å². The highest BCUT2D eigenvalue weighted by Gasteiger charge is 2.28. The quantitative estimate of drug-likeness (QED) is 0.790. The molecule has 0 saturated heterocycles. The minimum absolute atomic E-state index is 0. The molecule has 1 unspecified atom stereocenters. The molecule has 2 aromatic carbocycles. The molecule has 0 aliphatic carbocycles. The van der Waals surface area contributed by atoms with Gasteiger partial charge in [0.2, 0.25) is 0 Å². The maximum Gasteiger partial charge on any atom is 0.135 e. The third-order valence-electron chi connectivity index (χ3n) is 4.64. The second-order valence-electron chi connectivity index (χ2n) is 5.87. The van der Waals surface area contributed by atoms with Crippen molar-refractivity contribution >= 4 is 22.4 Å². The maximum atomic E-state index is 6.40. The first-order valence-electron chi connectivity index (χ1n) is 7.74. The van der Waals surface area contributed by atoms with E-state index < -0.39 is 0 Å². The topological polar surface area (TPSA) is 73.7 Å². The van der Waals surface area contributed by atoms with E-state index in [4.69, 9.17) is 10.7 Å². The van der Waals surface area contributed by atoms with Gasteiger partial charge in [0, 0.05) is 23.2 Å². The van der Waals surface area contributed by atoms with Crippen LogP contribution in [0.4, 0.5) is 11.5 Å². The van der Waals surface area contributed by atoms with Gasteiger partial charge in [-0.05, 0) is 25.0 Å². The summed E-state index contributed by atoms with van der Waals surface area (Å²) in [4.78, 5) is 7.26. The summed E-state index contributed by atoms with van der Waals surface area (Å²) in [6.07, 6.45) is 0.968. The van der Waals surface area contributed by atoms with Gasteiger partial charge in [0.15, 0.2) is 0 Å². The van der Waals surface area contributed by atoms with Crippen molar-refractivity contribution in [3.05, 3.63) is 65.7 Å². The summed E-state index contributed by atoms with van der Waals surface area (Å²) in [7, 11) is 0. The number of pyridine rings is 1. The number of para-hydroxylation sites is 1. The standard InChI is InChI=1S/C19H19N3.H2O/c1-13(14-7-3-2-4-8-14)22-12-11-16-18(20)15-9-5-6-10-17(15)21-19(16)22;/h2-10,13H,11-12H2,1H3,(H2,20,21);1H2. The molecule has 1 atom stereocenters. The predicted molar refractivity (Wildman–Crippen MR) is 95.7 cm³/mol. The van der Waals surface area contributed by atoms with Gasteiger partial charge >= 0.3 is 0 Å². The molecule has 1 aliphatic heterocycles. The molecule has 1 aliphatic rings. The molecule has 1 aromatic heterocycles. The molecule has 0 radical (unpaired) electrons. The van der Waals surface area contributed by atoms with E-state index >= 15 is 0 Å². The highest BCUT2D eigenvalue weighted by molar-refractivity contribution is 5.95. The Labute approximate surface area is 135 Å². The number of nitrogen functional groups attached to an aromatic ring is 1. The van der Waals surface area contributed by atoms with Crippen molar-refractivity contribution < 1.29 is 5.48 Å². The molecule has 4 rings (SSSR count). The monoisotopic (exact) mass is 307 g/mol. The van der Waals surface area contributed by atoms with E-state index in [-0.39, 0.29) is 5.48 Å². The fourth-order valence-corrected chi connectivity index (χ4v) is 3.37. The van der Waals surface area contributed by atoms with Crippen LogP contribution in [-0.2, 0) is 6.42 Å². The van der Waals surface area contributed by atoms with Gasteiger partial charge < -0.3 is 16.1 Å². The number of hydrogen-bond donors (Lipinski definition) is 1. The van der Waals surface area contributed by atoms with E-state index in [1.54, 1.807) is 0 Å². The van der Waals surface area contributed by atoms with E-state index in [1.807, 2.05) is 18.2 Å². The SMILES string of the molecule is CC(c1ccccc1)N1CCc2c1nc1ccccc1c2N.O. The van der Waals surface area contributed by atoms with Crippen LogP contribution in [0.25, 0.3) is 10.9 Å². The van der Waals surface area contributed by atoms with E-state index in [2.05, 4.69) is 48.2 Å². The van der Waals surface area contributed by atoms with Gasteiger partial charge in [0.1, 0.15) is 5.82 Å². The van der Waals surface area contributed by atoms with Crippen LogP contribution in [0.1, 0.15) is 24.1 Å². The van der Waals surface area contributed by atoms with E-state index in [9.17, 15) is 0 Å². The van der Waals surface area contributed by atoms with Crippen LogP contribution < -0.4 is 10.6 Å². The second kappa shape index (κ2) is 5.89.